The standard InChI is InChI=1S/C9H9FN2O3/c10-5-1-2-6(7(11)3-5)9(15)12-4-8(13)14/h1-3H,4,11H2,(H,12,15)(H,13,14)/i10-1. The number of benzene rings is 1. The summed E-state index contributed by atoms with van der Waals surface area (Å²) in [6.45, 7) is -0.504. The largest absolute Gasteiger partial charge is 0.480 e. The monoisotopic (exact) mass is 211 g/mol. The van der Waals surface area contributed by atoms with E-state index < -0.39 is 24.2 Å². The van der Waals surface area contributed by atoms with Crippen molar-refractivity contribution in [1.82, 2.24) is 5.32 Å². The van der Waals surface area contributed by atoms with E-state index in [0.29, 0.717) is 0 Å². The van der Waals surface area contributed by atoms with E-state index in [1.165, 1.54) is 6.07 Å². The van der Waals surface area contributed by atoms with E-state index in [1.807, 2.05) is 0 Å². The van der Waals surface area contributed by atoms with E-state index in [1.54, 1.807) is 0 Å². The van der Waals surface area contributed by atoms with E-state index in [4.69, 9.17) is 10.8 Å². The number of nitrogen functional groups attached to an aromatic ring is 1. The molecule has 0 aliphatic rings. The molecule has 0 fully saturated rings. The van der Waals surface area contributed by atoms with Gasteiger partial charge >= 0.3 is 5.97 Å². The summed E-state index contributed by atoms with van der Waals surface area (Å²) in [6.07, 6.45) is 0. The minimum Gasteiger partial charge on any atom is -0.480 e. The lowest BCUT2D eigenvalue weighted by atomic mass is 10.1. The van der Waals surface area contributed by atoms with Gasteiger partial charge in [-0.05, 0) is 18.2 Å². The van der Waals surface area contributed by atoms with Crippen molar-refractivity contribution >= 4 is 17.6 Å². The Morgan fingerprint density at radius 2 is 2.13 bits per heavy atom. The first-order valence-electron chi connectivity index (χ1n) is 4.05. The van der Waals surface area contributed by atoms with Crippen LogP contribution in [0.5, 0.6) is 0 Å². The number of hydrogen-bond donors (Lipinski definition) is 3. The molecule has 6 heteroatoms. The summed E-state index contributed by atoms with van der Waals surface area (Å²) in [7, 11) is 0. The Morgan fingerprint density at radius 3 is 2.67 bits per heavy atom. The van der Waals surface area contributed by atoms with Crippen LogP contribution in [-0.2, 0) is 4.79 Å². The second-order valence-corrected chi connectivity index (χ2v) is 2.81. The van der Waals surface area contributed by atoms with Crippen LogP contribution in [0.25, 0.3) is 0 Å². The summed E-state index contributed by atoms with van der Waals surface area (Å²) >= 11 is 0. The summed E-state index contributed by atoms with van der Waals surface area (Å²) in [5.41, 5.74) is 5.40. The molecule has 1 aromatic rings. The van der Waals surface area contributed by atoms with Crippen molar-refractivity contribution in [2.45, 2.75) is 0 Å². The van der Waals surface area contributed by atoms with Crippen molar-refractivity contribution in [2.75, 3.05) is 12.3 Å². The van der Waals surface area contributed by atoms with E-state index in [0.717, 1.165) is 12.1 Å². The van der Waals surface area contributed by atoms with Crippen molar-refractivity contribution in [2.24, 2.45) is 0 Å². The number of nitrogens with two attached hydrogens (primary N) is 1. The van der Waals surface area contributed by atoms with Gasteiger partial charge in [-0.1, -0.05) is 0 Å². The fourth-order valence-corrected chi connectivity index (χ4v) is 0.991. The Labute approximate surface area is 84.7 Å². The van der Waals surface area contributed by atoms with Crippen LogP contribution in [0.15, 0.2) is 18.2 Å². The van der Waals surface area contributed by atoms with Gasteiger partial charge in [0.25, 0.3) is 5.91 Å². The molecule has 15 heavy (non-hydrogen) atoms. The predicted octanol–water partition coefficient (Wildman–Crippen LogP) is 0.222. The molecule has 1 amide bonds. The quantitative estimate of drug-likeness (QED) is 0.623. The molecule has 5 nitrogen and oxygen atoms in total. The number of halogens is 1. The maximum absolute atomic E-state index is 12.6. The van der Waals surface area contributed by atoms with Crippen LogP contribution in [0.1, 0.15) is 10.4 Å². The smallest absolute Gasteiger partial charge is 0.322 e. The van der Waals surface area contributed by atoms with Gasteiger partial charge in [-0.15, -0.1) is 0 Å². The van der Waals surface area contributed by atoms with Crippen molar-refractivity contribution < 1.29 is 19.1 Å². The van der Waals surface area contributed by atoms with Crippen LogP contribution in [0.2, 0.25) is 0 Å². The molecule has 1 aromatic carbocycles. The summed E-state index contributed by atoms with van der Waals surface area (Å²) in [4.78, 5) is 21.5. The second kappa shape index (κ2) is 4.41. The lowest BCUT2D eigenvalue weighted by Crippen LogP contribution is -2.29. The first kappa shape index (κ1) is 11.0. The number of carbonyl (C=O) groups is 2. The third kappa shape index (κ3) is 2.94. The van der Waals surface area contributed by atoms with E-state index in [-0.39, 0.29) is 11.3 Å². The average Bonchev–Trinajstić information content (AvgIpc) is 2.14. The van der Waals surface area contributed by atoms with Crippen LogP contribution in [-0.4, -0.2) is 23.5 Å². The maximum atomic E-state index is 12.6. The highest BCUT2D eigenvalue weighted by molar-refractivity contribution is 6.00. The van der Waals surface area contributed by atoms with Gasteiger partial charge in [0.2, 0.25) is 0 Å². The number of amides is 1. The van der Waals surface area contributed by atoms with E-state index in [2.05, 4.69) is 5.32 Å². The van der Waals surface area contributed by atoms with Gasteiger partial charge in [0.1, 0.15) is 12.4 Å². The number of rotatable bonds is 3. The summed E-state index contributed by atoms with van der Waals surface area (Å²) < 4.78 is 12.6. The third-order valence-electron chi connectivity index (χ3n) is 1.66. The number of hydrogen-bond acceptors (Lipinski definition) is 3. The highest BCUT2D eigenvalue weighted by atomic mass is 18.2. The SMILES string of the molecule is Nc1cc([18F])ccc1C(=O)NCC(=O)O. The molecular weight excluding hydrogens is 202 g/mol. The molecule has 1 rings (SSSR count). The fourth-order valence-electron chi connectivity index (χ4n) is 0.991. The van der Waals surface area contributed by atoms with Gasteiger partial charge in [-0.2, -0.15) is 0 Å². The minimum atomic E-state index is -1.16. The normalized spacial score (nSPS) is 9.67. The molecule has 0 saturated carbocycles. The number of aliphatic carboxylic acids is 1. The van der Waals surface area contributed by atoms with Crippen LogP contribution < -0.4 is 11.1 Å². The molecule has 0 atom stereocenters. The van der Waals surface area contributed by atoms with E-state index >= 15 is 0 Å². The Balaban J connectivity index is 2.78. The van der Waals surface area contributed by atoms with Gasteiger partial charge in [-0.25, -0.2) is 4.39 Å². The van der Waals surface area contributed by atoms with Gasteiger partial charge < -0.3 is 16.2 Å². The minimum absolute atomic E-state index is 0.0297. The molecule has 0 radical (unpaired) electrons. The topological polar surface area (TPSA) is 92.4 Å². The molecule has 0 bridgehead atoms. The molecule has 0 aliphatic carbocycles. The molecule has 0 heterocycles. The van der Waals surface area contributed by atoms with Gasteiger partial charge in [0.05, 0.1) is 5.56 Å². The molecule has 4 N–H and O–H groups in total. The Bertz CT molecular complexity index is 406. The van der Waals surface area contributed by atoms with E-state index in [9.17, 15) is 14.0 Å². The zero-order chi connectivity index (χ0) is 11.4. The molecule has 0 aliphatic heterocycles. The molecule has 0 saturated heterocycles. The molecule has 0 unspecified atom stereocenters. The Morgan fingerprint density at radius 1 is 1.47 bits per heavy atom. The Kier molecular flexibility index (Phi) is 3.22. The molecule has 80 valence electrons. The molecular formula is C9H9FN2O3. The van der Waals surface area contributed by atoms with Crippen molar-refractivity contribution in [3.8, 4) is 0 Å². The van der Waals surface area contributed by atoms with Crippen molar-refractivity contribution in [1.29, 1.82) is 0 Å². The van der Waals surface area contributed by atoms with Gasteiger partial charge in [0.15, 0.2) is 0 Å². The first-order valence-corrected chi connectivity index (χ1v) is 4.05. The zero-order valence-corrected chi connectivity index (χ0v) is 7.66. The van der Waals surface area contributed by atoms with Crippen molar-refractivity contribution in [3.63, 3.8) is 0 Å². The Hall–Kier alpha value is -2.11. The highest BCUT2D eigenvalue weighted by Crippen LogP contribution is 2.12. The predicted molar refractivity (Wildman–Crippen MR) is 50.8 cm³/mol. The lowest BCUT2D eigenvalue weighted by Gasteiger charge is -2.05. The number of carbonyl (C=O) groups excluding carboxylic acids is 1. The zero-order valence-electron chi connectivity index (χ0n) is 7.66. The number of carboxylic acids is 1. The van der Waals surface area contributed by atoms with Crippen molar-refractivity contribution in [3.05, 3.63) is 29.6 Å². The first-order chi connectivity index (χ1) is 7.00. The molecule has 0 aromatic heterocycles. The summed E-state index contributed by atoms with van der Waals surface area (Å²) in [5.74, 6) is -2.36. The fraction of sp³-hybridized carbons (Fsp3) is 0.111. The summed E-state index contributed by atoms with van der Waals surface area (Å²) in [6, 6.07) is 3.27. The summed E-state index contributed by atoms with van der Waals surface area (Å²) in [5, 5.41) is 10.4. The van der Waals surface area contributed by atoms with Gasteiger partial charge in [0, 0.05) is 5.69 Å². The maximum Gasteiger partial charge on any atom is 0.322 e. The van der Waals surface area contributed by atoms with Crippen LogP contribution in [0.3, 0.4) is 0 Å². The van der Waals surface area contributed by atoms with Crippen LogP contribution in [0.4, 0.5) is 10.1 Å². The number of nitrogens with one attached hydrogen (secondary N) is 1. The lowest BCUT2D eigenvalue weighted by molar-refractivity contribution is -0.135. The number of anilines is 1. The van der Waals surface area contributed by atoms with Crippen LogP contribution in [0, 0.1) is 5.82 Å². The molecule has 0 spiro atoms. The highest BCUT2D eigenvalue weighted by Gasteiger charge is 2.10. The average molecular weight is 211 g/mol. The third-order valence-corrected chi connectivity index (χ3v) is 1.66. The van der Waals surface area contributed by atoms with Gasteiger partial charge in [-0.3, -0.25) is 9.59 Å². The second-order valence-electron chi connectivity index (χ2n) is 2.81. The van der Waals surface area contributed by atoms with Crippen LogP contribution >= 0.6 is 0 Å². The number of carboxylic acid groups (broad SMARTS) is 1.